The lowest BCUT2D eigenvalue weighted by molar-refractivity contribution is -0.118. The second kappa shape index (κ2) is 10.2. The number of amides is 1. The predicted molar refractivity (Wildman–Crippen MR) is 113 cm³/mol. The molecule has 1 aromatic heterocycles. The molecule has 0 radical (unpaired) electrons. The third kappa shape index (κ3) is 5.77. The van der Waals surface area contributed by atoms with E-state index in [1.165, 1.54) is 34.7 Å². The number of carbonyl (C=O) groups excluding carboxylic acids is 1. The minimum absolute atomic E-state index is 0.0433. The molecule has 8 heteroatoms. The maximum atomic E-state index is 13.7. The summed E-state index contributed by atoms with van der Waals surface area (Å²) in [6.45, 7) is 2.72. The molecular formula is C20H21FN4OS2. The van der Waals surface area contributed by atoms with E-state index in [0.29, 0.717) is 27.6 Å². The number of para-hydroxylation sites is 1. The summed E-state index contributed by atoms with van der Waals surface area (Å²) in [6, 6.07) is 16.6. The van der Waals surface area contributed by atoms with Crippen LogP contribution in [0.4, 0.5) is 15.2 Å². The van der Waals surface area contributed by atoms with Crippen molar-refractivity contribution in [3.05, 3.63) is 66.0 Å². The van der Waals surface area contributed by atoms with Crippen molar-refractivity contribution in [1.29, 1.82) is 0 Å². The summed E-state index contributed by atoms with van der Waals surface area (Å²) in [5.74, 6) is 0.168. The van der Waals surface area contributed by atoms with E-state index in [9.17, 15) is 9.18 Å². The van der Waals surface area contributed by atoms with Gasteiger partial charge in [-0.05, 0) is 24.1 Å². The van der Waals surface area contributed by atoms with Gasteiger partial charge in [-0.15, -0.1) is 10.2 Å². The number of nitrogens with one attached hydrogen (secondary N) is 2. The Hall–Kier alpha value is -2.45. The number of nitrogens with zero attached hydrogens (tertiary/aromatic N) is 2. The number of anilines is 2. The van der Waals surface area contributed by atoms with E-state index in [4.69, 9.17) is 0 Å². The van der Waals surface area contributed by atoms with Gasteiger partial charge in [-0.3, -0.25) is 4.79 Å². The molecule has 28 heavy (non-hydrogen) atoms. The molecule has 1 unspecified atom stereocenters. The van der Waals surface area contributed by atoms with Crippen molar-refractivity contribution in [1.82, 2.24) is 15.5 Å². The van der Waals surface area contributed by atoms with Crippen molar-refractivity contribution >= 4 is 39.8 Å². The van der Waals surface area contributed by atoms with Gasteiger partial charge in [0.05, 0.1) is 11.4 Å². The Kier molecular flexibility index (Phi) is 7.39. The van der Waals surface area contributed by atoms with Crippen molar-refractivity contribution in [3.8, 4) is 0 Å². The lowest BCUT2D eigenvalue weighted by atomic mass is 9.96. The standard InChI is InChI=1S/C20H21FN4OS2/c1-2-14(15-8-4-3-5-9-15)12-22-18(26)13-27-20-25-24-19(28-20)23-17-11-7-6-10-16(17)21/h3-11,14H,2,12-13H2,1H3,(H,22,26)(H,23,24). The second-order valence-corrected chi connectivity index (χ2v) is 8.29. The van der Waals surface area contributed by atoms with Crippen LogP contribution >= 0.6 is 23.1 Å². The third-order valence-corrected chi connectivity index (χ3v) is 6.13. The van der Waals surface area contributed by atoms with Crippen LogP contribution < -0.4 is 10.6 Å². The maximum Gasteiger partial charge on any atom is 0.230 e. The van der Waals surface area contributed by atoms with E-state index in [2.05, 4.69) is 39.9 Å². The van der Waals surface area contributed by atoms with Gasteiger partial charge in [0.2, 0.25) is 11.0 Å². The highest BCUT2D eigenvalue weighted by molar-refractivity contribution is 8.01. The zero-order valence-electron chi connectivity index (χ0n) is 15.4. The molecule has 2 N–H and O–H groups in total. The van der Waals surface area contributed by atoms with Gasteiger partial charge in [0, 0.05) is 12.5 Å². The van der Waals surface area contributed by atoms with Crippen LogP contribution in [0.3, 0.4) is 0 Å². The Bertz CT molecular complexity index is 904. The number of thioether (sulfide) groups is 1. The molecule has 0 saturated heterocycles. The normalized spacial score (nSPS) is 11.8. The molecule has 0 bridgehead atoms. The zero-order chi connectivity index (χ0) is 19.8. The number of halogens is 1. The van der Waals surface area contributed by atoms with Crippen LogP contribution in [-0.4, -0.2) is 28.4 Å². The first-order valence-electron chi connectivity index (χ1n) is 8.95. The molecule has 0 saturated carbocycles. The summed E-state index contributed by atoms with van der Waals surface area (Å²) < 4.78 is 14.3. The minimum atomic E-state index is -0.352. The fourth-order valence-electron chi connectivity index (χ4n) is 2.63. The molecule has 1 heterocycles. The van der Waals surface area contributed by atoms with Crippen LogP contribution in [0.25, 0.3) is 0 Å². The quantitative estimate of drug-likeness (QED) is 0.490. The topological polar surface area (TPSA) is 66.9 Å². The summed E-state index contributed by atoms with van der Waals surface area (Å²) in [7, 11) is 0. The van der Waals surface area contributed by atoms with Crippen molar-refractivity contribution in [3.63, 3.8) is 0 Å². The highest BCUT2D eigenvalue weighted by Gasteiger charge is 2.13. The first kappa shape index (κ1) is 20.3. The van der Waals surface area contributed by atoms with Gasteiger partial charge in [0.25, 0.3) is 0 Å². The van der Waals surface area contributed by atoms with Crippen LogP contribution in [0.1, 0.15) is 24.8 Å². The van der Waals surface area contributed by atoms with Gasteiger partial charge in [0.1, 0.15) is 5.82 Å². The van der Waals surface area contributed by atoms with E-state index < -0.39 is 0 Å². The van der Waals surface area contributed by atoms with Crippen molar-refractivity contribution in [2.24, 2.45) is 0 Å². The van der Waals surface area contributed by atoms with E-state index in [1.807, 2.05) is 18.2 Å². The summed E-state index contributed by atoms with van der Waals surface area (Å²) in [5, 5.41) is 14.4. The lowest BCUT2D eigenvalue weighted by Gasteiger charge is -2.16. The highest BCUT2D eigenvalue weighted by atomic mass is 32.2. The van der Waals surface area contributed by atoms with Gasteiger partial charge in [-0.1, -0.05) is 72.5 Å². The molecule has 3 aromatic rings. The molecule has 0 aliphatic heterocycles. The van der Waals surface area contributed by atoms with Crippen molar-refractivity contribution < 1.29 is 9.18 Å². The molecule has 5 nitrogen and oxygen atoms in total. The number of hydrogen-bond acceptors (Lipinski definition) is 6. The van der Waals surface area contributed by atoms with Crippen LogP contribution in [0.15, 0.2) is 58.9 Å². The number of aromatic nitrogens is 2. The summed E-state index contributed by atoms with van der Waals surface area (Å²) in [4.78, 5) is 12.2. The first-order chi connectivity index (χ1) is 13.7. The fraction of sp³-hybridized carbons (Fsp3) is 0.250. The zero-order valence-corrected chi connectivity index (χ0v) is 17.0. The smallest absolute Gasteiger partial charge is 0.230 e. The highest BCUT2D eigenvalue weighted by Crippen LogP contribution is 2.28. The average Bonchev–Trinajstić information content (AvgIpc) is 3.17. The van der Waals surface area contributed by atoms with Gasteiger partial charge < -0.3 is 10.6 Å². The maximum absolute atomic E-state index is 13.7. The number of benzene rings is 2. The van der Waals surface area contributed by atoms with E-state index >= 15 is 0 Å². The van der Waals surface area contributed by atoms with Gasteiger partial charge in [-0.25, -0.2) is 4.39 Å². The van der Waals surface area contributed by atoms with Gasteiger partial charge >= 0.3 is 0 Å². The molecule has 0 spiro atoms. The molecule has 2 aromatic carbocycles. The molecule has 1 amide bonds. The Balaban J connectivity index is 1.46. The van der Waals surface area contributed by atoms with Gasteiger partial charge in [-0.2, -0.15) is 0 Å². The summed E-state index contributed by atoms with van der Waals surface area (Å²) in [6.07, 6.45) is 0.957. The van der Waals surface area contributed by atoms with E-state index in [0.717, 1.165) is 6.42 Å². The Morgan fingerprint density at radius 3 is 2.64 bits per heavy atom. The Morgan fingerprint density at radius 2 is 1.89 bits per heavy atom. The summed E-state index contributed by atoms with van der Waals surface area (Å²) in [5.41, 5.74) is 1.57. The SMILES string of the molecule is CCC(CNC(=O)CSc1nnc(Nc2ccccc2F)s1)c1ccccc1. The minimum Gasteiger partial charge on any atom is -0.355 e. The largest absolute Gasteiger partial charge is 0.355 e. The lowest BCUT2D eigenvalue weighted by Crippen LogP contribution is -2.29. The fourth-order valence-corrected chi connectivity index (χ4v) is 4.23. The molecular weight excluding hydrogens is 395 g/mol. The Labute approximate surface area is 171 Å². The number of hydrogen-bond donors (Lipinski definition) is 2. The predicted octanol–water partition coefficient (Wildman–Crippen LogP) is 4.82. The second-order valence-electron chi connectivity index (χ2n) is 6.09. The third-order valence-electron chi connectivity index (χ3n) is 4.16. The first-order valence-corrected chi connectivity index (χ1v) is 10.8. The average molecular weight is 417 g/mol. The van der Waals surface area contributed by atoms with Crippen LogP contribution in [0, 0.1) is 5.82 Å². The van der Waals surface area contributed by atoms with Crippen LogP contribution in [0.5, 0.6) is 0 Å². The monoisotopic (exact) mass is 416 g/mol. The summed E-state index contributed by atoms with van der Waals surface area (Å²) >= 11 is 2.61. The van der Waals surface area contributed by atoms with Gasteiger partial charge in [0.15, 0.2) is 4.34 Å². The van der Waals surface area contributed by atoms with E-state index in [-0.39, 0.29) is 17.5 Å². The molecule has 0 fully saturated rings. The van der Waals surface area contributed by atoms with Crippen LogP contribution in [0.2, 0.25) is 0 Å². The Morgan fingerprint density at radius 1 is 1.14 bits per heavy atom. The van der Waals surface area contributed by atoms with E-state index in [1.54, 1.807) is 18.2 Å². The van der Waals surface area contributed by atoms with Crippen LogP contribution in [-0.2, 0) is 4.79 Å². The molecule has 146 valence electrons. The molecule has 0 aliphatic rings. The van der Waals surface area contributed by atoms with Crippen molar-refractivity contribution in [2.45, 2.75) is 23.6 Å². The molecule has 3 rings (SSSR count). The number of rotatable bonds is 9. The molecule has 0 aliphatic carbocycles. The number of carbonyl (C=O) groups is 1. The van der Waals surface area contributed by atoms with Crippen molar-refractivity contribution in [2.75, 3.05) is 17.6 Å². The molecule has 1 atom stereocenters.